The summed E-state index contributed by atoms with van der Waals surface area (Å²) in [6.07, 6.45) is 1.59. The molecule has 10 heavy (non-hydrogen) atoms. The van der Waals surface area contributed by atoms with Crippen LogP contribution in [0, 0.1) is 0 Å². The van der Waals surface area contributed by atoms with Gasteiger partial charge in [-0.25, -0.2) is 0 Å². The molecule has 1 nitrogen and oxygen atoms in total. The van der Waals surface area contributed by atoms with Crippen LogP contribution in [0.15, 0.2) is 0 Å². The zero-order chi connectivity index (χ0) is 7.99. The van der Waals surface area contributed by atoms with Crippen LogP contribution in [0.25, 0.3) is 0 Å². The maximum absolute atomic E-state index is 11.4. The lowest BCUT2D eigenvalue weighted by molar-refractivity contribution is -0.117. The van der Waals surface area contributed by atoms with Crippen molar-refractivity contribution in [1.82, 2.24) is 0 Å². The van der Waals surface area contributed by atoms with Gasteiger partial charge in [0.1, 0.15) is 6.47 Å². The number of Topliss-reactive ketones (excluding diaryl/α,β-unsaturated/α-hetero) is 1. The second kappa shape index (κ2) is 2.82. The smallest absolute Gasteiger partial charge is 0.187 e. The van der Waals surface area contributed by atoms with Crippen molar-refractivity contribution in [1.29, 1.82) is 0 Å². The van der Waals surface area contributed by atoms with Gasteiger partial charge < -0.3 is 0 Å². The number of ketones is 1. The molecule has 1 aliphatic carbocycles. The number of rotatable bonds is 0. The van der Waals surface area contributed by atoms with Gasteiger partial charge in [0.05, 0.1) is 0 Å². The van der Waals surface area contributed by atoms with E-state index >= 15 is 0 Å². The van der Waals surface area contributed by atoms with Gasteiger partial charge in [0.25, 0.3) is 0 Å². The topological polar surface area (TPSA) is 17.1 Å². The van der Waals surface area contributed by atoms with Gasteiger partial charge in [0.15, 0.2) is 5.78 Å². The molecule has 0 bridgehead atoms. The third kappa shape index (κ3) is 1.67. The van der Waals surface area contributed by atoms with E-state index in [1.807, 2.05) is 0 Å². The van der Waals surface area contributed by atoms with E-state index < -0.39 is 6.47 Å². The average Bonchev–Trinajstić information content (AvgIpc) is 1.95. The van der Waals surface area contributed by atoms with Crippen LogP contribution in [-0.4, -0.2) is 12.3 Å². The van der Waals surface area contributed by atoms with Crippen LogP contribution in [0.3, 0.4) is 0 Å². The molecule has 0 aromatic rings. The Labute approximate surface area is 92.8 Å². The van der Waals surface area contributed by atoms with Crippen LogP contribution in [0.1, 0.15) is 12.8 Å². The van der Waals surface area contributed by atoms with Crippen LogP contribution in [0.4, 0.5) is 0 Å². The van der Waals surface area contributed by atoms with Gasteiger partial charge in [-0.1, -0.05) is 63.7 Å². The monoisotopic (exact) mass is 396 g/mol. The molecule has 0 N–H and O–H groups in total. The van der Waals surface area contributed by atoms with Crippen molar-refractivity contribution >= 4 is 69.5 Å². The largest absolute Gasteiger partial charge is 0.295 e. The highest BCUT2D eigenvalue weighted by atomic mass is 79.9. The van der Waals surface area contributed by atoms with E-state index in [2.05, 4.69) is 63.7 Å². The molecular weight excluding hydrogens is 396 g/mol. The molecule has 1 saturated carbocycles. The number of alkyl halides is 4. The quantitative estimate of drug-likeness (QED) is 0.571. The molecule has 0 amide bonds. The van der Waals surface area contributed by atoms with Crippen molar-refractivity contribution in [2.75, 3.05) is 0 Å². The second-order valence-electron chi connectivity index (χ2n) is 2.24. The van der Waals surface area contributed by atoms with Crippen LogP contribution in [-0.2, 0) is 4.79 Å². The average molecular weight is 400 g/mol. The van der Waals surface area contributed by atoms with E-state index in [9.17, 15) is 4.79 Å². The minimum Gasteiger partial charge on any atom is -0.295 e. The van der Waals surface area contributed by atoms with Crippen LogP contribution in [0.2, 0.25) is 0 Å². The van der Waals surface area contributed by atoms with Gasteiger partial charge in [-0.2, -0.15) is 0 Å². The van der Waals surface area contributed by atoms with E-state index in [1.165, 1.54) is 0 Å². The minimum absolute atomic E-state index is 0.0972. The Balaban J connectivity index is 2.88. The third-order valence-corrected chi connectivity index (χ3v) is 4.44. The predicted octanol–water partition coefficient (Wildman–Crippen LogP) is 3.32. The SMILES string of the molecule is O=C1C(Br)(Br)CCC1(Br)Br. The highest BCUT2D eigenvalue weighted by molar-refractivity contribution is 9.27. The molecule has 0 unspecified atom stereocenters. The summed E-state index contributed by atoms with van der Waals surface area (Å²) in [5.41, 5.74) is 0. The van der Waals surface area contributed by atoms with Gasteiger partial charge >= 0.3 is 0 Å². The van der Waals surface area contributed by atoms with Crippen molar-refractivity contribution in [3.63, 3.8) is 0 Å². The lowest BCUT2D eigenvalue weighted by atomic mass is 10.3. The Bertz CT molecular complexity index is 156. The molecule has 1 rings (SSSR count). The molecule has 58 valence electrons. The number of carbonyl (C=O) groups is 1. The van der Waals surface area contributed by atoms with Crippen molar-refractivity contribution < 1.29 is 4.79 Å². The predicted molar refractivity (Wildman–Crippen MR) is 55.4 cm³/mol. The van der Waals surface area contributed by atoms with E-state index in [1.54, 1.807) is 0 Å². The van der Waals surface area contributed by atoms with Crippen molar-refractivity contribution in [3.05, 3.63) is 0 Å². The Morgan fingerprint density at radius 3 is 1.40 bits per heavy atom. The van der Waals surface area contributed by atoms with Crippen molar-refractivity contribution in [2.24, 2.45) is 0 Å². The molecule has 0 aromatic carbocycles. The minimum atomic E-state index is -0.521. The van der Waals surface area contributed by atoms with Gasteiger partial charge in [-0.05, 0) is 12.8 Å². The fraction of sp³-hybridized carbons (Fsp3) is 0.800. The Kier molecular flexibility index (Phi) is 2.73. The number of hydrogen-bond donors (Lipinski definition) is 0. The first-order valence-electron chi connectivity index (χ1n) is 2.67. The molecule has 1 aliphatic rings. The van der Waals surface area contributed by atoms with Gasteiger partial charge in [0, 0.05) is 0 Å². The third-order valence-electron chi connectivity index (χ3n) is 1.42. The summed E-state index contributed by atoms with van der Waals surface area (Å²) in [5.74, 6) is 0.0972. The Hall–Kier alpha value is 1.59. The standard InChI is InChI=1S/C5H4Br4O/c6-4(7)1-2-5(8,9)3(4)10/h1-2H2. The molecule has 0 spiro atoms. The van der Waals surface area contributed by atoms with E-state index in [-0.39, 0.29) is 5.78 Å². The lowest BCUT2D eigenvalue weighted by Gasteiger charge is -2.13. The maximum Gasteiger partial charge on any atom is 0.187 e. The van der Waals surface area contributed by atoms with Crippen molar-refractivity contribution in [2.45, 2.75) is 19.3 Å². The Morgan fingerprint density at radius 2 is 1.30 bits per heavy atom. The maximum atomic E-state index is 11.4. The zero-order valence-electron chi connectivity index (χ0n) is 4.83. The lowest BCUT2D eigenvalue weighted by Crippen LogP contribution is -2.27. The summed E-state index contributed by atoms with van der Waals surface area (Å²) < 4.78 is -1.04. The highest BCUT2D eigenvalue weighted by Crippen LogP contribution is 2.51. The zero-order valence-corrected chi connectivity index (χ0v) is 11.2. The highest BCUT2D eigenvalue weighted by Gasteiger charge is 2.51. The van der Waals surface area contributed by atoms with E-state index in [0.717, 1.165) is 12.8 Å². The van der Waals surface area contributed by atoms with E-state index in [4.69, 9.17) is 0 Å². The summed E-state index contributed by atoms with van der Waals surface area (Å²) in [7, 11) is 0. The molecule has 5 heteroatoms. The summed E-state index contributed by atoms with van der Waals surface area (Å²) in [6.45, 7) is 0. The first-order valence-corrected chi connectivity index (χ1v) is 5.84. The number of halogens is 4. The molecule has 0 aliphatic heterocycles. The fourth-order valence-electron chi connectivity index (χ4n) is 0.809. The van der Waals surface area contributed by atoms with E-state index in [0.29, 0.717) is 0 Å². The molecule has 0 atom stereocenters. The molecule has 0 saturated heterocycles. The van der Waals surface area contributed by atoms with Gasteiger partial charge in [-0.3, -0.25) is 4.79 Å². The first-order chi connectivity index (χ1) is 4.36. The fourth-order valence-corrected chi connectivity index (χ4v) is 4.02. The van der Waals surface area contributed by atoms with Gasteiger partial charge in [-0.15, -0.1) is 0 Å². The number of hydrogen-bond acceptors (Lipinski definition) is 1. The van der Waals surface area contributed by atoms with Crippen molar-refractivity contribution in [3.8, 4) is 0 Å². The van der Waals surface area contributed by atoms with Crippen LogP contribution >= 0.6 is 63.7 Å². The summed E-state index contributed by atoms with van der Waals surface area (Å²) in [5, 5.41) is 0. The first kappa shape index (κ1) is 9.68. The molecule has 0 aromatic heterocycles. The Morgan fingerprint density at radius 1 is 1.00 bits per heavy atom. The van der Waals surface area contributed by atoms with Crippen LogP contribution < -0.4 is 0 Å². The summed E-state index contributed by atoms with van der Waals surface area (Å²) in [4.78, 5) is 11.4. The molecule has 0 heterocycles. The molecule has 1 fully saturated rings. The molecular formula is C5H4Br4O. The van der Waals surface area contributed by atoms with Crippen LogP contribution in [0.5, 0.6) is 0 Å². The molecule has 0 radical (unpaired) electrons. The normalized spacial score (nSPS) is 29.0. The summed E-state index contributed by atoms with van der Waals surface area (Å²) in [6, 6.07) is 0. The van der Waals surface area contributed by atoms with Gasteiger partial charge in [0.2, 0.25) is 0 Å². The second-order valence-corrected chi connectivity index (χ2v) is 9.78. The number of carbonyl (C=O) groups excluding carboxylic acids is 1. The summed E-state index contributed by atoms with van der Waals surface area (Å²) >= 11 is 13.2.